The van der Waals surface area contributed by atoms with Crippen molar-refractivity contribution in [2.24, 2.45) is 0 Å². The highest BCUT2D eigenvalue weighted by molar-refractivity contribution is 5.96. The fraction of sp³-hybridized carbons (Fsp3) is 0.455. The molecule has 0 aliphatic rings. The number of carboxylic acid groups (broad SMARTS) is 1. The van der Waals surface area contributed by atoms with Crippen LogP contribution in [0.2, 0.25) is 0 Å². The van der Waals surface area contributed by atoms with E-state index in [4.69, 9.17) is 10.2 Å². The number of hydrogen-bond acceptors (Lipinski definition) is 5. The number of carbonyl (C=O) groups excluding carboxylic acids is 1. The van der Waals surface area contributed by atoms with Crippen molar-refractivity contribution in [3.05, 3.63) is 28.1 Å². The van der Waals surface area contributed by atoms with Gasteiger partial charge in [0.25, 0.3) is 11.6 Å². The Labute approximate surface area is 114 Å². The lowest BCUT2D eigenvalue weighted by molar-refractivity contribution is -0.384. The Balaban J connectivity index is 3.08. The Hall–Kier alpha value is -2.42. The van der Waals surface area contributed by atoms with Gasteiger partial charge in [-0.15, -0.1) is 0 Å². The highest BCUT2D eigenvalue weighted by Gasteiger charge is 2.25. The molecule has 0 fully saturated rings. The lowest BCUT2D eigenvalue weighted by Gasteiger charge is -2.14. The summed E-state index contributed by atoms with van der Waals surface area (Å²) in [6, 6.07) is -0.620. The number of rotatable bonds is 6. The first-order valence-corrected chi connectivity index (χ1v) is 5.78. The van der Waals surface area contributed by atoms with Crippen molar-refractivity contribution >= 4 is 17.6 Å². The molecule has 9 heteroatoms. The average molecular weight is 285 g/mol. The first-order valence-electron chi connectivity index (χ1n) is 5.78. The molecule has 1 aromatic rings. The summed E-state index contributed by atoms with van der Waals surface area (Å²) in [4.78, 5) is 32.8. The molecule has 0 aliphatic carbocycles. The molecule has 0 saturated heterocycles. The van der Waals surface area contributed by atoms with Crippen molar-refractivity contribution < 1.29 is 24.7 Å². The minimum atomic E-state index is -1.46. The molecule has 1 unspecified atom stereocenters. The normalized spacial score (nSPS) is 12.2. The fourth-order valence-corrected chi connectivity index (χ4v) is 1.59. The molecular weight excluding hydrogens is 270 g/mol. The molecule has 1 rings (SSSR count). The van der Waals surface area contributed by atoms with Gasteiger partial charge >= 0.3 is 5.97 Å². The molecule has 20 heavy (non-hydrogen) atoms. The van der Waals surface area contributed by atoms with E-state index in [-0.39, 0.29) is 17.4 Å². The van der Waals surface area contributed by atoms with Crippen LogP contribution in [0.3, 0.4) is 0 Å². The molecule has 1 amide bonds. The third kappa shape index (κ3) is 3.32. The highest BCUT2D eigenvalue weighted by atomic mass is 16.6. The van der Waals surface area contributed by atoms with E-state index in [2.05, 4.69) is 5.32 Å². The predicted molar refractivity (Wildman–Crippen MR) is 67.4 cm³/mol. The van der Waals surface area contributed by atoms with Crippen LogP contribution in [-0.2, 0) is 4.79 Å². The van der Waals surface area contributed by atoms with E-state index in [1.807, 2.05) is 0 Å². The second-order valence-corrected chi connectivity index (χ2v) is 4.39. The van der Waals surface area contributed by atoms with E-state index in [1.165, 1.54) is 10.8 Å². The second-order valence-electron chi connectivity index (χ2n) is 4.39. The quantitative estimate of drug-likeness (QED) is 0.503. The van der Waals surface area contributed by atoms with Crippen molar-refractivity contribution in [1.82, 2.24) is 9.88 Å². The van der Waals surface area contributed by atoms with Crippen molar-refractivity contribution in [2.45, 2.75) is 25.9 Å². The maximum Gasteiger partial charge on any atom is 0.328 e. The summed E-state index contributed by atoms with van der Waals surface area (Å²) in [5.74, 6) is -2.19. The molecule has 9 nitrogen and oxygen atoms in total. The number of aromatic nitrogens is 1. The molecule has 0 bridgehead atoms. The van der Waals surface area contributed by atoms with E-state index in [0.717, 1.165) is 6.07 Å². The second kappa shape index (κ2) is 6.15. The minimum Gasteiger partial charge on any atom is -0.480 e. The minimum absolute atomic E-state index is 0.0357. The molecule has 110 valence electrons. The highest BCUT2D eigenvalue weighted by Crippen LogP contribution is 2.20. The van der Waals surface area contributed by atoms with E-state index in [0.29, 0.717) is 0 Å². The Morgan fingerprint density at radius 1 is 1.50 bits per heavy atom. The van der Waals surface area contributed by atoms with Gasteiger partial charge in [-0.2, -0.15) is 0 Å². The first kappa shape index (κ1) is 15.6. The van der Waals surface area contributed by atoms with E-state index in [1.54, 1.807) is 13.8 Å². The lowest BCUT2D eigenvalue weighted by atomic mass is 10.2. The van der Waals surface area contributed by atoms with Gasteiger partial charge in [-0.1, -0.05) is 0 Å². The van der Waals surface area contributed by atoms with Crippen LogP contribution in [0.15, 0.2) is 12.3 Å². The Kier molecular flexibility index (Phi) is 4.81. The smallest absolute Gasteiger partial charge is 0.328 e. The molecule has 1 atom stereocenters. The van der Waals surface area contributed by atoms with Gasteiger partial charge in [0.1, 0.15) is 5.69 Å². The zero-order chi connectivity index (χ0) is 15.4. The molecule has 1 aromatic heterocycles. The van der Waals surface area contributed by atoms with Gasteiger partial charge in [-0.05, 0) is 13.8 Å². The Morgan fingerprint density at radius 2 is 2.10 bits per heavy atom. The number of aliphatic carboxylic acids is 1. The van der Waals surface area contributed by atoms with Gasteiger partial charge < -0.3 is 20.1 Å². The number of nitrogens with one attached hydrogen (secondary N) is 1. The summed E-state index contributed by atoms with van der Waals surface area (Å²) in [5.41, 5.74) is -0.300. The topological polar surface area (TPSA) is 135 Å². The molecule has 0 radical (unpaired) electrons. The monoisotopic (exact) mass is 285 g/mol. The number of amides is 1. The lowest BCUT2D eigenvalue weighted by Crippen LogP contribution is -2.43. The van der Waals surface area contributed by atoms with Gasteiger partial charge in [-0.25, -0.2) is 4.79 Å². The van der Waals surface area contributed by atoms with Crippen LogP contribution in [0.1, 0.15) is 30.4 Å². The largest absolute Gasteiger partial charge is 0.480 e. The van der Waals surface area contributed by atoms with Gasteiger partial charge in [0.2, 0.25) is 0 Å². The number of aliphatic hydroxyl groups is 1. The van der Waals surface area contributed by atoms with Crippen molar-refractivity contribution in [3.8, 4) is 0 Å². The summed E-state index contributed by atoms with van der Waals surface area (Å²) in [5, 5.41) is 30.4. The zero-order valence-electron chi connectivity index (χ0n) is 10.9. The fourth-order valence-electron chi connectivity index (χ4n) is 1.59. The van der Waals surface area contributed by atoms with Gasteiger partial charge in [0, 0.05) is 12.1 Å². The van der Waals surface area contributed by atoms with Crippen LogP contribution < -0.4 is 5.32 Å². The summed E-state index contributed by atoms with van der Waals surface area (Å²) in [6.07, 6.45) is 1.20. The van der Waals surface area contributed by atoms with Crippen molar-refractivity contribution in [1.29, 1.82) is 0 Å². The van der Waals surface area contributed by atoms with Crippen LogP contribution in [0.4, 0.5) is 5.69 Å². The van der Waals surface area contributed by atoms with Crippen LogP contribution in [0.25, 0.3) is 0 Å². The third-order valence-electron chi connectivity index (χ3n) is 2.62. The van der Waals surface area contributed by atoms with Crippen LogP contribution in [0, 0.1) is 10.1 Å². The van der Waals surface area contributed by atoms with Gasteiger partial charge in [0.05, 0.1) is 17.7 Å². The third-order valence-corrected chi connectivity index (χ3v) is 2.62. The molecular formula is C11H15N3O6. The molecule has 0 spiro atoms. The SMILES string of the molecule is CC(C)n1cc([N+](=O)[O-])cc1C(=O)NC(CO)C(=O)O. The number of carboxylic acids is 1. The van der Waals surface area contributed by atoms with Crippen molar-refractivity contribution in [2.75, 3.05) is 6.61 Å². The maximum absolute atomic E-state index is 12.0. The Bertz CT molecular complexity index is 536. The van der Waals surface area contributed by atoms with Crippen LogP contribution in [-0.4, -0.2) is 44.2 Å². The van der Waals surface area contributed by atoms with Gasteiger partial charge in [0.15, 0.2) is 6.04 Å². The molecule has 3 N–H and O–H groups in total. The maximum atomic E-state index is 12.0. The number of nitro groups is 1. The molecule has 0 saturated carbocycles. The van der Waals surface area contributed by atoms with Crippen LogP contribution in [0.5, 0.6) is 0 Å². The summed E-state index contributed by atoms with van der Waals surface area (Å²) in [6.45, 7) is 2.67. The Morgan fingerprint density at radius 3 is 2.50 bits per heavy atom. The zero-order valence-corrected chi connectivity index (χ0v) is 10.9. The van der Waals surface area contributed by atoms with E-state index < -0.39 is 29.4 Å². The standard InChI is InChI=1S/C11H15N3O6/c1-6(2)13-4-7(14(19)20)3-9(13)10(16)12-8(5-15)11(17)18/h3-4,6,8,15H,5H2,1-2H3,(H,12,16)(H,17,18). The number of nitrogens with zero attached hydrogens (tertiary/aromatic N) is 2. The summed E-state index contributed by atoms with van der Waals surface area (Å²) < 4.78 is 1.36. The van der Waals surface area contributed by atoms with Crippen molar-refractivity contribution in [3.63, 3.8) is 0 Å². The number of hydrogen-bond donors (Lipinski definition) is 3. The number of aliphatic hydroxyl groups excluding tert-OH is 1. The first-order chi connectivity index (χ1) is 9.27. The molecule has 0 aromatic carbocycles. The summed E-state index contributed by atoms with van der Waals surface area (Å²) in [7, 11) is 0. The van der Waals surface area contributed by atoms with E-state index >= 15 is 0 Å². The van der Waals surface area contributed by atoms with Gasteiger partial charge in [-0.3, -0.25) is 14.9 Å². The average Bonchev–Trinajstić information content (AvgIpc) is 2.80. The molecule has 1 heterocycles. The summed E-state index contributed by atoms with van der Waals surface area (Å²) >= 11 is 0. The van der Waals surface area contributed by atoms with E-state index in [9.17, 15) is 19.7 Å². The number of carbonyl (C=O) groups is 2. The predicted octanol–water partition coefficient (Wildman–Crippen LogP) is 0.152. The van der Waals surface area contributed by atoms with Crippen LogP contribution >= 0.6 is 0 Å². The molecule has 0 aliphatic heterocycles.